The third-order valence-corrected chi connectivity index (χ3v) is 4.45. The lowest BCUT2D eigenvalue weighted by molar-refractivity contribution is -0.143. The predicted molar refractivity (Wildman–Crippen MR) is 99.6 cm³/mol. The van der Waals surface area contributed by atoms with E-state index in [-0.39, 0.29) is 12.3 Å². The molecule has 3 atom stereocenters. The van der Waals surface area contributed by atoms with Crippen molar-refractivity contribution in [1.82, 2.24) is 20.6 Å². The van der Waals surface area contributed by atoms with Crippen molar-refractivity contribution in [2.45, 2.75) is 44.8 Å². The summed E-state index contributed by atoms with van der Waals surface area (Å²) in [7, 11) is 0. The van der Waals surface area contributed by atoms with Crippen LogP contribution in [-0.2, 0) is 20.8 Å². The molecule has 10 heteroatoms. The van der Waals surface area contributed by atoms with Gasteiger partial charge in [0.05, 0.1) is 12.4 Å². The molecule has 0 aliphatic carbocycles. The fourth-order valence-corrected chi connectivity index (χ4v) is 2.75. The molecule has 0 radical (unpaired) electrons. The molecule has 1 rings (SSSR count). The number of carbonyl (C=O) groups excluding carboxylic acids is 2. The lowest BCUT2D eigenvalue weighted by Crippen LogP contribution is -2.55. The Morgan fingerprint density at radius 1 is 1.31 bits per heavy atom. The topological polar surface area (TPSA) is 150 Å². The molecule has 1 heterocycles. The summed E-state index contributed by atoms with van der Waals surface area (Å²) < 4.78 is 0. The molecule has 0 aliphatic rings. The molecule has 0 spiro atoms. The Labute approximate surface area is 156 Å². The van der Waals surface area contributed by atoms with Crippen LogP contribution in [0.15, 0.2) is 12.5 Å². The number of nitrogens with zero attached hydrogens (tertiary/aromatic N) is 1. The molecule has 146 valence electrons. The summed E-state index contributed by atoms with van der Waals surface area (Å²) in [4.78, 5) is 42.8. The van der Waals surface area contributed by atoms with E-state index in [0.717, 1.165) is 0 Å². The molecular weight excluding hydrogens is 358 g/mol. The number of amides is 2. The molecular formula is C16H27N5O4S. The standard InChI is InChI=1S/C16H27N5O4S/c1-9(2)13(16(24)25)21-15(23)12(4-5-26-3)20-14(22)11(17)6-10-7-18-8-19-10/h7-9,11-13H,4-6,17H2,1-3H3,(H,18,19)(H,20,22)(H,21,23)(H,24,25)/t11-,12-,13-/m0/s1. The molecule has 0 saturated carbocycles. The van der Waals surface area contributed by atoms with Crippen LogP contribution in [0.3, 0.4) is 0 Å². The zero-order valence-electron chi connectivity index (χ0n) is 15.2. The number of aromatic nitrogens is 2. The molecule has 0 aliphatic heterocycles. The molecule has 0 bridgehead atoms. The van der Waals surface area contributed by atoms with Crippen LogP contribution in [0.5, 0.6) is 0 Å². The number of aliphatic carboxylic acids is 1. The minimum absolute atomic E-state index is 0.256. The number of H-pyrrole nitrogens is 1. The van der Waals surface area contributed by atoms with E-state index in [1.165, 1.54) is 18.1 Å². The summed E-state index contributed by atoms with van der Waals surface area (Å²) in [5.74, 6) is -1.76. The number of carboxylic acid groups (broad SMARTS) is 1. The van der Waals surface area contributed by atoms with Gasteiger partial charge >= 0.3 is 5.97 Å². The minimum Gasteiger partial charge on any atom is -0.480 e. The van der Waals surface area contributed by atoms with Gasteiger partial charge in [-0.1, -0.05) is 13.8 Å². The Kier molecular flexibility index (Phi) is 9.14. The van der Waals surface area contributed by atoms with E-state index in [2.05, 4.69) is 20.6 Å². The molecule has 0 saturated heterocycles. The first kappa shape index (κ1) is 22.0. The van der Waals surface area contributed by atoms with Gasteiger partial charge in [-0.3, -0.25) is 9.59 Å². The van der Waals surface area contributed by atoms with E-state index in [9.17, 15) is 19.5 Å². The molecule has 9 nitrogen and oxygen atoms in total. The smallest absolute Gasteiger partial charge is 0.326 e. The number of nitrogens with two attached hydrogens (primary N) is 1. The Bertz CT molecular complexity index is 593. The highest BCUT2D eigenvalue weighted by Crippen LogP contribution is 2.06. The molecule has 0 aromatic carbocycles. The van der Waals surface area contributed by atoms with Gasteiger partial charge in [0.25, 0.3) is 0 Å². The Balaban J connectivity index is 2.73. The van der Waals surface area contributed by atoms with E-state index >= 15 is 0 Å². The van der Waals surface area contributed by atoms with Crippen molar-refractivity contribution >= 4 is 29.5 Å². The summed E-state index contributed by atoms with van der Waals surface area (Å²) in [5.41, 5.74) is 6.60. The maximum absolute atomic E-state index is 12.5. The van der Waals surface area contributed by atoms with Gasteiger partial charge in [0.15, 0.2) is 0 Å². The Morgan fingerprint density at radius 2 is 2.00 bits per heavy atom. The van der Waals surface area contributed by atoms with E-state index in [1.54, 1.807) is 20.0 Å². The van der Waals surface area contributed by atoms with E-state index in [1.807, 2.05) is 6.26 Å². The highest BCUT2D eigenvalue weighted by atomic mass is 32.2. The van der Waals surface area contributed by atoms with E-state index < -0.39 is 35.9 Å². The van der Waals surface area contributed by atoms with E-state index in [4.69, 9.17) is 5.73 Å². The molecule has 2 amide bonds. The first-order valence-corrected chi connectivity index (χ1v) is 9.71. The van der Waals surface area contributed by atoms with Crippen LogP contribution in [0.4, 0.5) is 0 Å². The normalized spacial score (nSPS) is 14.5. The summed E-state index contributed by atoms with van der Waals surface area (Å²) in [5, 5.41) is 14.4. The van der Waals surface area contributed by atoms with Crippen LogP contribution in [0.2, 0.25) is 0 Å². The SMILES string of the molecule is CSCC[C@H](NC(=O)[C@@H](N)Cc1cnc[nH]1)C(=O)N[C@H](C(=O)O)C(C)C. The number of carbonyl (C=O) groups is 3. The van der Waals surface area contributed by atoms with Crippen LogP contribution in [0.1, 0.15) is 26.0 Å². The van der Waals surface area contributed by atoms with Crippen LogP contribution in [0.25, 0.3) is 0 Å². The molecule has 0 unspecified atom stereocenters. The maximum Gasteiger partial charge on any atom is 0.326 e. The Hall–Kier alpha value is -2.07. The zero-order valence-corrected chi connectivity index (χ0v) is 16.0. The predicted octanol–water partition coefficient (Wildman–Crippen LogP) is -0.257. The van der Waals surface area contributed by atoms with Crippen molar-refractivity contribution in [2.24, 2.45) is 11.7 Å². The summed E-state index contributed by atoms with van der Waals surface area (Å²) in [6.07, 6.45) is 5.58. The molecule has 0 fully saturated rings. The van der Waals surface area contributed by atoms with Gasteiger partial charge in [-0.05, 0) is 24.3 Å². The number of carboxylic acids is 1. The van der Waals surface area contributed by atoms with Crippen molar-refractivity contribution in [3.63, 3.8) is 0 Å². The van der Waals surface area contributed by atoms with Gasteiger partial charge in [-0.15, -0.1) is 0 Å². The summed E-state index contributed by atoms with van der Waals surface area (Å²) in [6.45, 7) is 3.41. The Morgan fingerprint density at radius 3 is 2.50 bits per heavy atom. The van der Waals surface area contributed by atoms with Crippen LogP contribution in [-0.4, -0.2) is 63.0 Å². The number of rotatable bonds is 11. The molecule has 26 heavy (non-hydrogen) atoms. The van der Waals surface area contributed by atoms with Gasteiger partial charge in [0.2, 0.25) is 11.8 Å². The van der Waals surface area contributed by atoms with Gasteiger partial charge in [-0.2, -0.15) is 11.8 Å². The molecule has 1 aromatic heterocycles. The van der Waals surface area contributed by atoms with Gasteiger partial charge in [0, 0.05) is 18.3 Å². The zero-order chi connectivity index (χ0) is 19.7. The highest BCUT2D eigenvalue weighted by molar-refractivity contribution is 7.98. The largest absolute Gasteiger partial charge is 0.480 e. The van der Waals surface area contributed by atoms with Crippen molar-refractivity contribution in [3.05, 3.63) is 18.2 Å². The quantitative estimate of drug-likeness (QED) is 0.352. The minimum atomic E-state index is -1.11. The third kappa shape index (κ3) is 7.04. The van der Waals surface area contributed by atoms with Crippen molar-refractivity contribution < 1.29 is 19.5 Å². The van der Waals surface area contributed by atoms with Crippen LogP contribution < -0.4 is 16.4 Å². The molecule has 1 aromatic rings. The molecule has 6 N–H and O–H groups in total. The van der Waals surface area contributed by atoms with E-state index in [0.29, 0.717) is 17.9 Å². The lowest BCUT2D eigenvalue weighted by atomic mass is 10.0. The maximum atomic E-state index is 12.5. The number of hydrogen-bond acceptors (Lipinski definition) is 6. The average molecular weight is 385 g/mol. The monoisotopic (exact) mass is 385 g/mol. The second kappa shape index (κ2) is 10.8. The fraction of sp³-hybridized carbons (Fsp3) is 0.625. The van der Waals surface area contributed by atoms with Crippen LogP contribution >= 0.6 is 11.8 Å². The summed E-state index contributed by atoms with van der Waals surface area (Å²) >= 11 is 1.53. The number of nitrogens with one attached hydrogen (secondary N) is 3. The average Bonchev–Trinajstić information content (AvgIpc) is 3.08. The number of aromatic amines is 1. The summed E-state index contributed by atoms with van der Waals surface area (Å²) in [6, 6.07) is -2.71. The van der Waals surface area contributed by atoms with Gasteiger partial charge in [0.1, 0.15) is 12.1 Å². The second-order valence-corrected chi connectivity index (χ2v) is 7.28. The van der Waals surface area contributed by atoms with Gasteiger partial charge < -0.3 is 26.5 Å². The lowest BCUT2D eigenvalue weighted by Gasteiger charge is -2.24. The number of hydrogen-bond donors (Lipinski definition) is 5. The van der Waals surface area contributed by atoms with Gasteiger partial charge in [-0.25, -0.2) is 9.78 Å². The fourth-order valence-electron chi connectivity index (χ4n) is 2.28. The highest BCUT2D eigenvalue weighted by Gasteiger charge is 2.29. The van der Waals surface area contributed by atoms with Crippen molar-refractivity contribution in [1.29, 1.82) is 0 Å². The number of thioether (sulfide) groups is 1. The van der Waals surface area contributed by atoms with Crippen molar-refractivity contribution in [2.75, 3.05) is 12.0 Å². The van der Waals surface area contributed by atoms with Crippen LogP contribution in [0, 0.1) is 5.92 Å². The van der Waals surface area contributed by atoms with Crippen molar-refractivity contribution in [3.8, 4) is 0 Å². The second-order valence-electron chi connectivity index (χ2n) is 6.30. The first-order chi connectivity index (χ1) is 12.3. The third-order valence-electron chi connectivity index (χ3n) is 3.81. The number of imidazole rings is 1. The first-order valence-electron chi connectivity index (χ1n) is 8.31.